The molecule has 2 heterocycles. The molecule has 1 N–H and O–H groups in total. The Morgan fingerprint density at radius 1 is 1.32 bits per heavy atom. The first-order valence-electron chi connectivity index (χ1n) is 6.10. The summed E-state index contributed by atoms with van der Waals surface area (Å²) in [6, 6.07) is 7.70. The van der Waals surface area contributed by atoms with Crippen LogP contribution >= 0.6 is 34.5 Å². The van der Waals surface area contributed by atoms with Gasteiger partial charge in [0, 0.05) is 0 Å². The zero-order valence-electron chi connectivity index (χ0n) is 10.9. The van der Waals surface area contributed by atoms with Gasteiger partial charge in [0.1, 0.15) is 15.8 Å². The molecule has 0 unspecified atom stereocenters. The third-order valence-corrected chi connectivity index (χ3v) is 4.33. The SMILES string of the molecule is O=C(Nc1cnn(-c2ccccc2F)c1)c1cc(Cl)sc1Cl. The second-order valence-corrected chi connectivity index (χ2v) is 6.60. The lowest BCUT2D eigenvalue weighted by molar-refractivity contribution is 0.102. The maximum atomic E-state index is 13.7. The summed E-state index contributed by atoms with van der Waals surface area (Å²) >= 11 is 12.9. The summed E-state index contributed by atoms with van der Waals surface area (Å²) in [7, 11) is 0. The molecule has 112 valence electrons. The van der Waals surface area contributed by atoms with Crippen molar-refractivity contribution in [3.05, 3.63) is 62.8 Å². The Hall–Kier alpha value is -1.89. The highest BCUT2D eigenvalue weighted by molar-refractivity contribution is 7.20. The molecule has 22 heavy (non-hydrogen) atoms. The second kappa shape index (κ2) is 6.08. The molecule has 1 aromatic carbocycles. The van der Waals surface area contributed by atoms with Gasteiger partial charge in [-0.25, -0.2) is 9.07 Å². The molecule has 0 aliphatic rings. The lowest BCUT2D eigenvalue weighted by atomic mass is 10.3. The van der Waals surface area contributed by atoms with Gasteiger partial charge in [0.25, 0.3) is 5.91 Å². The van der Waals surface area contributed by atoms with E-state index in [1.165, 1.54) is 29.2 Å². The van der Waals surface area contributed by atoms with E-state index in [2.05, 4.69) is 10.4 Å². The lowest BCUT2D eigenvalue weighted by Gasteiger charge is -2.02. The van der Waals surface area contributed by atoms with Gasteiger partial charge in [-0.2, -0.15) is 5.10 Å². The quantitative estimate of drug-likeness (QED) is 0.744. The van der Waals surface area contributed by atoms with Gasteiger partial charge in [0.15, 0.2) is 0 Å². The molecule has 0 spiro atoms. The summed E-state index contributed by atoms with van der Waals surface area (Å²) in [6.45, 7) is 0. The zero-order chi connectivity index (χ0) is 15.7. The van der Waals surface area contributed by atoms with Crippen molar-refractivity contribution < 1.29 is 9.18 Å². The Labute approximate surface area is 139 Å². The van der Waals surface area contributed by atoms with Crippen LogP contribution in [0.4, 0.5) is 10.1 Å². The highest BCUT2D eigenvalue weighted by atomic mass is 35.5. The Kier molecular flexibility index (Phi) is 4.15. The van der Waals surface area contributed by atoms with Crippen molar-refractivity contribution >= 4 is 46.1 Å². The molecule has 3 aromatic rings. The number of nitrogens with one attached hydrogen (secondary N) is 1. The standard InChI is InChI=1S/C14H8Cl2FN3OS/c15-12-5-9(13(16)22-12)14(21)19-8-6-18-20(7-8)11-4-2-1-3-10(11)17/h1-7H,(H,19,21). The number of para-hydroxylation sites is 1. The average molecular weight is 356 g/mol. The molecule has 0 saturated carbocycles. The van der Waals surface area contributed by atoms with Crippen LogP contribution in [-0.2, 0) is 0 Å². The fraction of sp³-hybridized carbons (Fsp3) is 0. The largest absolute Gasteiger partial charge is 0.319 e. The van der Waals surface area contributed by atoms with Crippen LogP contribution in [-0.4, -0.2) is 15.7 Å². The van der Waals surface area contributed by atoms with Crippen molar-refractivity contribution in [1.29, 1.82) is 0 Å². The number of hydrogen-bond acceptors (Lipinski definition) is 3. The highest BCUT2D eigenvalue weighted by Gasteiger charge is 2.15. The number of rotatable bonds is 3. The fourth-order valence-electron chi connectivity index (χ4n) is 1.85. The summed E-state index contributed by atoms with van der Waals surface area (Å²) < 4.78 is 15.8. The summed E-state index contributed by atoms with van der Waals surface area (Å²) in [6.07, 6.45) is 2.93. The number of nitrogens with zero attached hydrogens (tertiary/aromatic N) is 2. The summed E-state index contributed by atoms with van der Waals surface area (Å²) in [4.78, 5) is 12.1. The van der Waals surface area contributed by atoms with E-state index in [-0.39, 0.29) is 5.56 Å². The minimum atomic E-state index is -0.406. The van der Waals surface area contributed by atoms with E-state index in [0.29, 0.717) is 20.0 Å². The van der Waals surface area contributed by atoms with Crippen LogP contribution in [0.5, 0.6) is 0 Å². The van der Waals surface area contributed by atoms with Crippen molar-refractivity contribution in [3.63, 3.8) is 0 Å². The van der Waals surface area contributed by atoms with Gasteiger partial charge >= 0.3 is 0 Å². The van der Waals surface area contributed by atoms with Crippen molar-refractivity contribution in [2.45, 2.75) is 0 Å². The number of halogens is 3. The van der Waals surface area contributed by atoms with Crippen LogP contribution in [0.2, 0.25) is 8.67 Å². The van der Waals surface area contributed by atoms with Gasteiger partial charge in [-0.15, -0.1) is 11.3 Å². The van der Waals surface area contributed by atoms with Crippen LogP contribution in [0.1, 0.15) is 10.4 Å². The molecule has 0 atom stereocenters. The highest BCUT2D eigenvalue weighted by Crippen LogP contribution is 2.31. The minimum Gasteiger partial charge on any atom is -0.319 e. The lowest BCUT2D eigenvalue weighted by Crippen LogP contribution is -2.10. The number of carbonyl (C=O) groups is 1. The van der Waals surface area contributed by atoms with Gasteiger partial charge in [-0.05, 0) is 18.2 Å². The van der Waals surface area contributed by atoms with E-state index >= 15 is 0 Å². The Morgan fingerprint density at radius 3 is 2.77 bits per heavy atom. The van der Waals surface area contributed by atoms with E-state index in [1.54, 1.807) is 18.2 Å². The number of aromatic nitrogens is 2. The maximum Gasteiger partial charge on any atom is 0.258 e. The smallest absolute Gasteiger partial charge is 0.258 e. The molecular formula is C14H8Cl2FN3OS. The molecule has 0 radical (unpaired) electrons. The molecule has 3 rings (SSSR count). The van der Waals surface area contributed by atoms with Gasteiger partial charge < -0.3 is 5.32 Å². The average Bonchev–Trinajstić information content (AvgIpc) is 3.06. The number of carbonyl (C=O) groups excluding carboxylic acids is 1. The molecule has 4 nitrogen and oxygen atoms in total. The molecule has 1 amide bonds. The zero-order valence-corrected chi connectivity index (χ0v) is 13.2. The topological polar surface area (TPSA) is 46.9 Å². The van der Waals surface area contributed by atoms with Crippen LogP contribution in [0.25, 0.3) is 5.69 Å². The molecule has 0 bridgehead atoms. The van der Waals surface area contributed by atoms with Crippen molar-refractivity contribution in [3.8, 4) is 5.69 Å². The third kappa shape index (κ3) is 2.99. The molecule has 0 aliphatic carbocycles. The van der Waals surface area contributed by atoms with Gasteiger partial charge in [0.2, 0.25) is 0 Å². The summed E-state index contributed by atoms with van der Waals surface area (Å²) in [5.74, 6) is -0.808. The van der Waals surface area contributed by atoms with E-state index in [4.69, 9.17) is 23.2 Å². The van der Waals surface area contributed by atoms with Crippen LogP contribution < -0.4 is 5.32 Å². The number of thiophene rings is 1. The normalized spacial score (nSPS) is 10.7. The van der Waals surface area contributed by atoms with Crippen LogP contribution in [0.3, 0.4) is 0 Å². The predicted octanol–water partition coefficient (Wildman–Crippen LogP) is 4.63. The molecule has 0 fully saturated rings. The Balaban J connectivity index is 1.82. The van der Waals surface area contributed by atoms with Crippen molar-refractivity contribution in [1.82, 2.24) is 9.78 Å². The predicted molar refractivity (Wildman–Crippen MR) is 85.8 cm³/mol. The first-order chi connectivity index (χ1) is 10.5. The molecule has 2 aromatic heterocycles. The number of amides is 1. The van der Waals surface area contributed by atoms with Crippen molar-refractivity contribution in [2.24, 2.45) is 0 Å². The van der Waals surface area contributed by atoms with Crippen LogP contribution in [0.15, 0.2) is 42.7 Å². The minimum absolute atomic E-state index is 0.287. The Morgan fingerprint density at radius 2 is 2.09 bits per heavy atom. The summed E-state index contributed by atoms with van der Waals surface area (Å²) in [5.41, 5.74) is 1.00. The Bertz CT molecular complexity index is 846. The first-order valence-corrected chi connectivity index (χ1v) is 7.67. The van der Waals surface area contributed by atoms with E-state index < -0.39 is 11.7 Å². The fourth-order valence-corrected chi connectivity index (χ4v) is 3.31. The molecule has 0 aliphatic heterocycles. The number of anilines is 1. The molecule has 8 heteroatoms. The monoisotopic (exact) mass is 355 g/mol. The van der Waals surface area contributed by atoms with E-state index in [1.807, 2.05) is 0 Å². The third-order valence-electron chi connectivity index (χ3n) is 2.84. The van der Waals surface area contributed by atoms with E-state index in [0.717, 1.165) is 11.3 Å². The van der Waals surface area contributed by atoms with Gasteiger partial charge in [-0.3, -0.25) is 4.79 Å². The number of benzene rings is 1. The summed E-state index contributed by atoms with van der Waals surface area (Å²) in [5, 5.41) is 6.67. The molecular weight excluding hydrogens is 348 g/mol. The number of hydrogen-bond donors (Lipinski definition) is 1. The van der Waals surface area contributed by atoms with E-state index in [9.17, 15) is 9.18 Å². The van der Waals surface area contributed by atoms with Gasteiger partial charge in [0.05, 0.1) is 28.0 Å². The second-order valence-electron chi connectivity index (χ2n) is 4.32. The van der Waals surface area contributed by atoms with Crippen molar-refractivity contribution in [2.75, 3.05) is 5.32 Å². The maximum absolute atomic E-state index is 13.7. The first kappa shape index (κ1) is 15.0. The molecule has 0 saturated heterocycles. The van der Waals surface area contributed by atoms with Gasteiger partial charge in [-0.1, -0.05) is 35.3 Å². The van der Waals surface area contributed by atoms with Crippen LogP contribution in [0, 0.1) is 5.82 Å².